The van der Waals surface area contributed by atoms with Crippen LogP contribution in [-0.2, 0) is 4.79 Å². The smallest absolute Gasteiger partial charge is 0.221 e. The zero-order valence-corrected chi connectivity index (χ0v) is 8.76. The van der Waals surface area contributed by atoms with Crippen molar-refractivity contribution in [3.63, 3.8) is 0 Å². The van der Waals surface area contributed by atoms with E-state index in [0.29, 0.717) is 12.3 Å². The van der Waals surface area contributed by atoms with E-state index in [1.165, 1.54) is 0 Å². The Hall–Kier alpha value is -0.970. The molecule has 0 saturated carbocycles. The molecule has 2 heteroatoms. The van der Waals surface area contributed by atoms with E-state index in [2.05, 4.69) is 25.1 Å². The molecule has 2 nitrogen and oxygen atoms in total. The van der Waals surface area contributed by atoms with Gasteiger partial charge in [0, 0.05) is 6.42 Å². The van der Waals surface area contributed by atoms with Gasteiger partial charge in [-0.25, -0.2) is 0 Å². The summed E-state index contributed by atoms with van der Waals surface area (Å²) < 4.78 is 0. The van der Waals surface area contributed by atoms with Crippen molar-refractivity contribution in [2.75, 3.05) is 0 Å². The summed E-state index contributed by atoms with van der Waals surface area (Å²) in [5.41, 5.74) is 0. The minimum absolute atomic E-state index is 0.0687. The van der Waals surface area contributed by atoms with Crippen LogP contribution in [0, 0.1) is 18.3 Å². The van der Waals surface area contributed by atoms with Gasteiger partial charge in [0.1, 0.15) is 0 Å². The van der Waals surface area contributed by atoms with Crippen molar-refractivity contribution in [2.45, 2.75) is 46.1 Å². The van der Waals surface area contributed by atoms with Gasteiger partial charge in [-0.3, -0.25) is 4.79 Å². The van der Waals surface area contributed by atoms with Gasteiger partial charge in [0.05, 0.1) is 6.04 Å². The molecule has 0 aliphatic carbocycles. The van der Waals surface area contributed by atoms with Crippen LogP contribution in [0.2, 0.25) is 0 Å². The number of nitrogens with one attached hydrogen (secondary N) is 1. The molecule has 0 aromatic rings. The first kappa shape index (κ1) is 12.0. The predicted molar refractivity (Wildman–Crippen MR) is 55.1 cm³/mol. The topological polar surface area (TPSA) is 29.1 Å². The first-order chi connectivity index (χ1) is 6.13. The summed E-state index contributed by atoms with van der Waals surface area (Å²) in [6.07, 6.45) is 7.63. The molecule has 0 spiro atoms. The van der Waals surface area contributed by atoms with Gasteiger partial charge in [-0.1, -0.05) is 33.1 Å². The molecule has 0 aromatic carbocycles. The zero-order chi connectivity index (χ0) is 10.3. The van der Waals surface area contributed by atoms with E-state index in [4.69, 9.17) is 6.42 Å². The van der Waals surface area contributed by atoms with Gasteiger partial charge in [0.15, 0.2) is 0 Å². The Morgan fingerprint density at radius 2 is 2.08 bits per heavy atom. The minimum atomic E-state index is -0.100. The van der Waals surface area contributed by atoms with Crippen molar-refractivity contribution in [3.8, 4) is 12.3 Å². The Morgan fingerprint density at radius 3 is 2.46 bits per heavy atom. The van der Waals surface area contributed by atoms with Crippen LogP contribution in [-0.4, -0.2) is 11.9 Å². The number of hydrogen-bond acceptors (Lipinski definition) is 1. The Balaban J connectivity index is 3.80. The maximum Gasteiger partial charge on any atom is 0.221 e. The van der Waals surface area contributed by atoms with Gasteiger partial charge >= 0.3 is 0 Å². The molecule has 0 heterocycles. The highest BCUT2D eigenvalue weighted by atomic mass is 16.1. The number of carbonyl (C=O) groups excluding carboxylic acids is 1. The van der Waals surface area contributed by atoms with Crippen LogP contribution < -0.4 is 5.32 Å². The number of hydrogen-bond donors (Lipinski definition) is 1. The molecule has 2 unspecified atom stereocenters. The first-order valence-electron chi connectivity index (χ1n) is 4.89. The standard InChI is InChI=1S/C11H19NO/c1-5-9(4)8-11(13)12-10(6-2)7-3/h2,9-10H,5,7-8H2,1,3-4H3,(H,12,13). The third-order valence-electron chi connectivity index (χ3n) is 2.18. The average Bonchev–Trinajstić information content (AvgIpc) is 2.13. The molecule has 0 fully saturated rings. The molecule has 0 radical (unpaired) electrons. The van der Waals surface area contributed by atoms with Gasteiger partial charge in [-0.15, -0.1) is 6.42 Å². The van der Waals surface area contributed by atoms with Crippen molar-refractivity contribution in [1.29, 1.82) is 0 Å². The molecule has 2 atom stereocenters. The second-order valence-electron chi connectivity index (χ2n) is 3.41. The van der Waals surface area contributed by atoms with Gasteiger partial charge in [-0.2, -0.15) is 0 Å². The number of amides is 1. The molecular formula is C11H19NO. The molecule has 74 valence electrons. The Labute approximate surface area is 81.1 Å². The van der Waals surface area contributed by atoms with Crippen LogP contribution in [0.5, 0.6) is 0 Å². The van der Waals surface area contributed by atoms with Gasteiger partial charge in [0.25, 0.3) is 0 Å². The lowest BCUT2D eigenvalue weighted by molar-refractivity contribution is -0.122. The average molecular weight is 181 g/mol. The lowest BCUT2D eigenvalue weighted by Crippen LogP contribution is -2.33. The molecule has 0 aliphatic heterocycles. The summed E-state index contributed by atoms with van der Waals surface area (Å²) in [5, 5.41) is 2.81. The zero-order valence-electron chi connectivity index (χ0n) is 8.76. The van der Waals surface area contributed by atoms with Crippen LogP contribution in [0.15, 0.2) is 0 Å². The summed E-state index contributed by atoms with van der Waals surface area (Å²) in [4.78, 5) is 11.3. The highest BCUT2D eigenvalue weighted by Gasteiger charge is 2.10. The third-order valence-corrected chi connectivity index (χ3v) is 2.18. The molecule has 0 rings (SSSR count). The lowest BCUT2D eigenvalue weighted by atomic mass is 10.0. The summed E-state index contributed by atoms with van der Waals surface area (Å²) in [5.74, 6) is 3.05. The molecule has 13 heavy (non-hydrogen) atoms. The second-order valence-corrected chi connectivity index (χ2v) is 3.41. The summed E-state index contributed by atoms with van der Waals surface area (Å²) in [6, 6.07) is -0.100. The van der Waals surface area contributed by atoms with Crippen LogP contribution in [0.25, 0.3) is 0 Å². The molecule has 0 saturated heterocycles. The molecule has 1 amide bonds. The fraction of sp³-hybridized carbons (Fsp3) is 0.727. The number of rotatable bonds is 5. The van der Waals surface area contributed by atoms with Crippen molar-refractivity contribution < 1.29 is 4.79 Å². The van der Waals surface area contributed by atoms with Crippen LogP contribution in [0.3, 0.4) is 0 Å². The molecule has 1 N–H and O–H groups in total. The van der Waals surface area contributed by atoms with Gasteiger partial charge < -0.3 is 5.32 Å². The van der Waals surface area contributed by atoms with Crippen LogP contribution in [0.4, 0.5) is 0 Å². The fourth-order valence-corrected chi connectivity index (χ4v) is 0.976. The van der Waals surface area contributed by atoms with Crippen molar-refractivity contribution in [2.24, 2.45) is 5.92 Å². The molecule has 0 aliphatic rings. The van der Waals surface area contributed by atoms with E-state index in [9.17, 15) is 4.79 Å². The Kier molecular flexibility index (Phi) is 6.05. The fourth-order valence-electron chi connectivity index (χ4n) is 0.976. The van der Waals surface area contributed by atoms with E-state index in [0.717, 1.165) is 12.8 Å². The molecular weight excluding hydrogens is 162 g/mol. The summed E-state index contributed by atoms with van der Waals surface area (Å²) >= 11 is 0. The van der Waals surface area contributed by atoms with E-state index < -0.39 is 0 Å². The number of terminal acetylenes is 1. The molecule has 0 aromatic heterocycles. The molecule has 0 bridgehead atoms. The van der Waals surface area contributed by atoms with Crippen molar-refractivity contribution in [3.05, 3.63) is 0 Å². The highest BCUT2D eigenvalue weighted by molar-refractivity contribution is 5.76. The Morgan fingerprint density at radius 1 is 1.46 bits per heavy atom. The van der Waals surface area contributed by atoms with E-state index >= 15 is 0 Å². The van der Waals surface area contributed by atoms with E-state index in [1.807, 2.05) is 6.92 Å². The maximum absolute atomic E-state index is 11.3. The van der Waals surface area contributed by atoms with E-state index in [-0.39, 0.29) is 11.9 Å². The summed E-state index contributed by atoms with van der Waals surface area (Å²) in [6.45, 7) is 6.11. The second kappa shape index (κ2) is 6.54. The largest absolute Gasteiger partial charge is 0.342 e. The Bertz CT molecular complexity index is 193. The monoisotopic (exact) mass is 181 g/mol. The predicted octanol–water partition coefficient (Wildman–Crippen LogP) is 1.95. The number of carbonyl (C=O) groups is 1. The van der Waals surface area contributed by atoms with Crippen LogP contribution in [0.1, 0.15) is 40.0 Å². The third kappa shape index (κ3) is 5.30. The van der Waals surface area contributed by atoms with Gasteiger partial charge in [0.2, 0.25) is 5.91 Å². The van der Waals surface area contributed by atoms with Crippen LogP contribution >= 0.6 is 0 Å². The highest BCUT2D eigenvalue weighted by Crippen LogP contribution is 2.05. The van der Waals surface area contributed by atoms with Gasteiger partial charge in [-0.05, 0) is 12.3 Å². The maximum atomic E-state index is 11.3. The van der Waals surface area contributed by atoms with Crippen molar-refractivity contribution in [1.82, 2.24) is 5.32 Å². The quantitative estimate of drug-likeness (QED) is 0.645. The first-order valence-corrected chi connectivity index (χ1v) is 4.89. The SMILES string of the molecule is C#CC(CC)NC(=O)CC(C)CC. The lowest BCUT2D eigenvalue weighted by Gasteiger charge is -2.12. The minimum Gasteiger partial charge on any atom is -0.342 e. The van der Waals surface area contributed by atoms with E-state index in [1.54, 1.807) is 0 Å². The normalized spacial score (nSPS) is 14.3. The van der Waals surface area contributed by atoms with Crippen molar-refractivity contribution >= 4 is 5.91 Å². The summed E-state index contributed by atoms with van der Waals surface area (Å²) in [7, 11) is 0.